The Hall–Kier alpha value is -2.14. The third-order valence-corrected chi connectivity index (χ3v) is 3.16. The summed E-state index contributed by atoms with van der Waals surface area (Å²) >= 11 is 5.97. The van der Waals surface area contributed by atoms with E-state index >= 15 is 0 Å². The molecule has 3 aromatic rings. The molecule has 0 radical (unpaired) electrons. The van der Waals surface area contributed by atoms with Gasteiger partial charge in [0.15, 0.2) is 5.82 Å². The average molecular weight is 289 g/mol. The van der Waals surface area contributed by atoms with Gasteiger partial charge in [-0.15, -0.1) is 0 Å². The van der Waals surface area contributed by atoms with Gasteiger partial charge in [0.05, 0.1) is 5.52 Å². The number of fused-ring (bicyclic) bond motifs is 1. The van der Waals surface area contributed by atoms with E-state index in [1.54, 1.807) is 13.1 Å². The number of aromatic nitrogens is 3. The second-order valence-corrected chi connectivity index (χ2v) is 4.87. The van der Waals surface area contributed by atoms with Gasteiger partial charge in [0.2, 0.25) is 5.89 Å². The SMILES string of the molecule is Cc1noc(CCNc2ccnc3cc(Cl)ccc23)n1. The van der Waals surface area contributed by atoms with E-state index in [-0.39, 0.29) is 0 Å². The van der Waals surface area contributed by atoms with Crippen LogP contribution in [-0.4, -0.2) is 21.7 Å². The van der Waals surface area contributed by atoms with E-state index in [2.05, 4.69) is 20.4 Å². The van der Waals surface area contributed by atoms with Gasteiger partial charge in [-0.05, 0) is 31.2 Å². The molecule has 3 rings (SSSR count). The van der Waals surface area contributed by atoms with Gasteiger partial charge in [0.25, 0.3) is 0 Å². The standard InChI is InChI=1S/C14H13ClN4O/c1-9-18-14(20-19-9)5-7-16-12-4-6-17-13-8-10(15)2-3-11(12)13/h2-4,6,8H,5,7H2,1H3,(H,16,17). The zero-order valence-electron chi connectivity index (χ0n) is 10.9. The number of aryl methyl sites for hydroxylation is 1. The third-order valence-electron chi connectivity index (χ3n) is 2.93. The quantitative estimate of drug-likeness (QED) is 0.798. The molecule has 102 valence electrons. The first-order valence-corrected chi connectivity index (χ1v) is 6.67. The summed E-state index contributed by atoms with van der Waals surface area (Å²) in [7, 11) is 0. The summed E-state index contributed by atoms with van der Waals surface area (Å²) in [6, 6.07) is 7.61. The fourth-order valence-electron chi connectivity index (χ4n) is 2.02. The molecule has 0 aliphatic carbocycles. The molecule has 20 heavy (non-hydrogen) atoms. The zero-order chi connectivity index (χ0) is 13.9. The molecule has 0 atom stereocenters. The molecular formula is C14H13ClN4O. The predicted molar refractivity (Wildman–Crippen MR) is 78.0 cm³/mol. The molecule has 0 saturated heterocycles. The van der Waals surface area contributed by atoms with Crippen LogP contribution in [0.5, 0.6) is 0 Å². The van der Waals surface area contributed by atoms with Gasteiger partial charge in [-0.3, -0.25) is 4.98 Å². The Kier molecular flexibility index (Phi) is 3.52. The number of benzene rings is 1. The molecule has 0 unspecified atom stereocenters. The highest BCUT2D eigenvalue weighted by atomic mass is 35.5. The number of nitrogens with one attached hydrogen (secondary N) is 1. The van der Waals surface area contributed by atoms with Crippen LogP contribution in [0.1, 0.15) is 11.7 Å². The van der Waals surface area contributed by atoms with Gasteiger partial charge in [-0.25, -0.2) is 0 Å². The van der Waals surface area contributed by atoms with Crippen molar-refractivity contribution in [3.63, 3.8) is 0 Å². The maximum absolute atomic E-state index is 5.97. The minimum absolute atomic E-state index is 0.636. The minimum atomic E-state index is 0.636. The number of anilines is 1. The minimum Gasteiger partial charge on any atom is -0.384 e. The number of hydrogen-bond donors (Lipinski definition) is 1. The highest BCUT2D eigenvalue weighted by Gasteiger charge is 2.05. The predicted octanol–water partition coefficient (Wildman–Crippen LogP) is 3.23. The Morgan fingerprint density at radius 3 is 3.00 bits per heavy atom. The Balaban J connectivity index is 1.74. The van der Waals surface area contributed by atoms with Crippen LogP contribution in [0, 0.1) is 6.92 Å². The first-order valence-electron chi connectivity index (χ1n) is 6.30. The Labute approximate surface area is 121 Å². The average Bonchev–Trinajstić information content (AvgIpc) is 2.84. The van der Waals surface area contributed by atoms with Crippen molar-refractivity contribution in [2.75, 3.05) is 11.9 Å². The van der Waals surface area contributed by atoms with Crippen molar-refractivity contribution in [2.45, 2.75) is 13.3 Å². The van der Waals surface area contributed by atoms with Crippen LogP contribution in [0.2, 0.25) is 5.02 Å². The van der Waals surface area contributed by atoms with Gasteiger partial charge in [-0.2, -0.15) is 4.98 Å². The summed E-state index contributed by atoms with van der Waals surface area (Å²) in [5.41, 5.74) is 1.89. The fourth-order valence-corrected chi connectivity index (χ4v) is 2.19. The lowest BCUT2D eigenvalue weighted by atomic mass is 10.2. The number of nitrogens with zero attached hydrogens (tertiary/aromatic N) is 3. The highest BCUT2D eigenvalue weighted by molar-refractivity contribution is 6.31. The summed E-state index contributed by atoms with van der Waals surface area (Å²) < 4.78 is 5.07. The molecule has 0 amide bonds. The normalized spacial score (nSPS) is 10.9. The maximum atomic E-state index is 5.97. The van der Waals surface area contributed by atoms with Crippen molar-refractivity contribution >= 4 is 28.2 Å². The van der Waals surface area contributed by atoms with E-state index in [9.17, 15) is 0 Å². The third kappa shape index (κ3) is 2.72. The zero-order valence-corrected chi connectivity index (χ0v) is 11.7. The summed E-state index contributed by atoms with van der Waals surface area (Å²) in [5.74, 6) is 1.29. The monoisotopic (exact) mass is 288 g/mol. The van der Waals surface area contributed by atoms with Gasteiger partial charge < -0.3 is 9.84 Å². The van der Waals surface area contributed by atoms with Crippen LogP contribution in [0.15, 0.2) is 35.0 Å². The highest BCUT2D eigenvalue weighted by Crippen LogP contribution is 2.24. The maximum Gasteiger partial charge on any atom is 0.228 e. The summed E-state index contributed by atoms with van der Waals surface area (Å²) in [4.78, 5) is 8.48. The Morgan fingerprint density at radius 1 is 1.30 bits per heavy atom. The molecule has 2 heterocycles. The smallest absolute Gasteiger partial charge is 0.228 e. The molecule has 0 saturated carbocycles. The molecule has 1 N–H and O–H groups in total. The fraction of sp³-hybridized carbons (Fsp3) is 0.214. The topological polar surface area (TPSA) is 63.8 Å². The molecule has 0 fully saturated rings. The summed E-state index contributed by atoms with van der Waals surface area (Å²) in [5, 5.41) is 8.84. The summed E-state index contributed by atoms with van der Waals surface area (Å²) in [6.07, 6.45) is 2.44. The van der Waals surface area contributed by atoms with E-state index in [0.29, 0.717) is 29.7 Å². The van der Waals surface area contributed by atoms with E-state index in [0.717, 1.165) is 16.6 Å². The lowest BCUT2D eigenvalue weighted by molar-refractivity contribution is 0.377. The van der Waals surface area contributed by atoms with E-state index in [4.69, 9.17) is 16.1 Å². The van der Waals surface area contributed by atoms with Gasteiger partial charge in [0, 0.05) is 35.3 Å². The van der Waals surface area contributed by atoms with Crippen molar-refractivity contribution in [3.05, 3.63) is 47.2 Å². The van der Waals surface area contributed by atoms with Crippen molar-refractivity contribution in [2.24, 2.45) is 0 Å². The lowest BCUT2D eigenvalue weighted by Gasteiger charge is -2.08. The van der Waals surface area contributed by atoms with Crippen LogP contribution in [0.4, 0.5) is 5.69 Å². The molecule has 6 heteroatoms. The molecule has 0 aliphatic rings. The van der Waals surface area contributed by atoms with Crippen LogP contribution in [0.25, 0.3) is 10.9 Å². The number of halogens is 1. The lowest BCUT2D eigenvalue weighted by Crippen LogP contribution is -2.05. The van der Waals surface area contributed by atoms with E-state index in [1.165, 1.54) is 0 Å². The second kappa shape index (κ2) is 5.46. The Bertz CT molecular complexity index is 741. The molecule has 5 nitrogen and oxygen atoms in total. The van der Waals surface area contributed by atoms with Crippen LogP contribution >= 0.6 is 11.6 Å². The van der Waals surface area contributed by atoms with Gasteiger partial charge in [-0.1, -0.05) is 16.8 Å². The molecule has 1 aromatic carbocycles. The van der Waals surface area contributed by atoms with Gasteiger partial charge in [0.1, 0.15) is 0 Å². The van der Waals surface area contributed by atoms with Crippen LogP contribution in [0.3, 0.4) is 0 Å². The molecule has 0 spiro atoms. The van der Waals surface area contributed by atoms with Crippen LogP contribution in [-0.2, 0) is 6.42 Å². The van der Waals surface area contributed by atoms with Crippen molar-refractivity contribution in [3.8, 4) is 0 Å². The first kappa shape index (κ1) is 12.9. The van der Waals surface area contributed by atoms with Crippen molar-refractivity contribution < 1.29 is 4.52 Å². The molecule has 0 aliphatic heterocycles. The summed E-state index contributed by atoms with van der Waals surface area (Å²) in [6.45, 7) is 2.52. The van der Waals surface area contributed by atoms with Gasteiger partial charge >= 0.3 is 0 Å². The first-order chi connectivity index (χ1) is 9.72. The van der Waals surface area contributed by atoms with Crippen molar-refractivity contribution in [1.82, 2.24) is 15.1 Å². The second-order valence-electron chi connectivity index (χ2n) is 4.43. The number of pyridine rings is 1. The molecule has 0 bridgehead atoms. The van der Waals surface area contributed by atoms with E-state index in [1.807, 2.05) is 24.3 Å². The Morgan fingerprint density at radius 2 is 2.20 bits per heavy atom. The van der Waals surface area contributed by atoms with Crippen molar-refractivity contribution in [1.29, 1.82) is 0 Å². The van der Waals surface area contributed by atoms with E-state index < -0.39 is 0 Å². The number of rotatable bonds is 4. The number of hydrogen-bond acceptors (Lipinski definition) is 5. The largest absolute Gasteiger partial charge is 0.384 e. The molecule has 2 aromatic heterocycles. The van der Waals surface area contributed by atoms with Crippen LogP contribution < -0.4 is 5.32 Å². The molecular weight excluding hydrogens is 276 g/mol.